The number of piperazine rings is 1. The van der Waals surface area contributed by atoms with Crippen LogP contribution in [0, 0.1) is 5.92 Å². The maximum Gasteiger partial charge on any atom is 0.416 e. The van der Waals surface area contributed by atoms with Crippen molar-refractivity contribution in [1.29, 1.82) is 0 Å². The van der Waals surface area contributed by atoms with Crippen LogP contribution in [-0.4, -0.2) is 66.9 Å². The number of benzene rings is 1. The first-order valence-electron chi connectivity index (χ1n) is 9.87. The molecule has 168 valence electrons. The molecule has 2 saturated heterocycles. The maximum atomic E-state index is 13.0. The zero-order valence-electron chi connectivity index (χ0n) is 16.9. The standard InChI is InChI=1S/C20H27F3N4O2.ClH/c1-14(28)27-12-15(5-6-17(24)13-27)19(29)26-9-7-25(8-10-26)18-4-2-3-16(11-18)20(21,22)23;/h2-4,11,15,17H,5-10,12-13,24H2,1H3;1H/t15-,17+;/m1./s1. The molecule has 0 aromatic heterocycles. The molecule has 2 N–H and O–H groups in total. The Labute approximate surface area is 180 Å². The summed E-state index contributed by atoms with van der Waals surface area (Å²) >= 11 is 0. The number of halogens is 4. The first kappa shape index (κ1) is 24.3. The minimum Gasteiger partial charge on any atom is -0.368 e. The van der Waals surface area contributed by atoms with Crippen molar-refractivity contribution in [3.63, 3.8) is 0 Å². The summed E-state index contributed by atoms with van der Waals surface area (Å²) in [5, 5.41) is 0. The quantitative estimate of drug-likeness (QED) is 0.754. The van der Waals surface area contributed by atoms with Crippen LogP contribution in [0.1, 0.15) is 25.3 Å². The molecule has 0 unspecified atom stereocenters. The molecule has 2 aliphatic rings. The fourth-order valence-electron chi connectivity index (χ4n) is 4.00. The summed E-state index contributed by atoms with van der Waals surface area (Å²) in [7, 11) is 0. The average molecular weight is 449 g/mol. The highest BCUT2D eigenvalue weighted by molar-refractivity contribution is 5.85. The van der Waals surface area contributed by atoms with E-state index in [2.05, 4.69) is 0 Å². The van der Waals surface area contributed by atoms with Crippen LogP contribution >= 0.6 is 12.4 Å². The van der Waals surface area contributed by atoms with Gasteiger partial charge >= 0.3 is 6.18 Å². The Kier molecular flexibility index (Phi) is 7.99. The van der Waals surface area contributed by atoms with Gasteiger partial charge in [0.25, 0.3) is 0 Å². The van der Waals surface area contributed by atoms with E-state index in [-0.39, 0.29) is 36.2 Å². The molecule has 0 saturated carbocycles. The molecule has 3 rings (SSSR count). The summed E-state index contributed by atoms with van der Waals surface area (Å²) < 4.78 is 38.8. The van der Waals surface area contributed by atoms with Crippen molar-refractivity contribution in [2.75, 3.05) is 44.2 Å². The molecule has 0 aliphatic carbocycles. The third-order valence-corrected chi connectivity index (χ3v) is 5.71. The van der Waals surface area contributed by atoms with Gasteiger partial charge in [-0.3, -0.25) is 9.59 Å². The number of nitrogens with zero attached hydrogens (tertiary/aromatic N) is 3. The smallest absolute Gasteiger partial charge is 0.368 e. The number of hydrogen-bond donors (Lipinski definition) is 1. The average Bonchev–Trinajstić information content (AvgIpc) is 2.89. The van der Waals surface area contributed by atoms with Crippen LogP contribution in [-0.2, 0) is 15.8 Å². The Morgan fingerprint density at radius 3 is 2.30 bits per heavy atom. The van der Waals surface area contributed by atoms with Gasteiger partial charge in [0.15, 0.2) is 0 Å². The highest BCUT2D eigenvalue weighted by Gasteiger charge is 2.33. The first-order valence-corrected chi connectivity index (χ1v) is 9.87. The van der Waals surface area contributed by atoms with Crippen molar-refractivity contribution in [3.8, 4) is 0 Å². The van der Waals surface area contributed by atoms with E-state index in [1.54, 1.807) is 15.9 Å². The summed E-state index contributed by atoms with van der Waals surface area (Å²) in [4.78, 5) is 30.0. The molecule has 2 fully saturated rings. The number of nitrogens with two attached hydrogens (primary N) is 1. The van der Waals surface area contributed by atoms with Crippen LogP contribution in [0.3, 0.4) is 0 Å². The zero-order chi connectivity index (χ0) is 21.2. The molecule has 2 heterocycles. The molecular formula is C20H28ClF3N4O2. The van der Waals surface area contributed by atoms with Crippen molar-refractivity contribution in [2.24, 2.45) is 11.7 Å². The lowest BCUT2D eigenvalue weighted by molar-refractivity contribution is -0.138. The second-order valence-corrected chi connectivity index (χ2v) is 7.82. The molecule has 0 bridgehead atoms. The Hall–Kier alpha value is -2.00. The second kappa shape index (κ2) is 9.87. The fourth-order valence-corrected chi connectivity index (χ4v) is 4.00. The number of carbonyl (C=O) groups is 2. The molecule has 10 heteroatoms. The minimum atomic E-state index is -4.38. The number of likely N-dealkylation sites (tertiary alicyclic amines) is 1. The van der Waals surface area contributed by atoms with E-state index in [9.17, 15) is 22.8 Å². The largest absolute Gasteiger partial charge is 0.416 e. The number of rotatable bonds is 2. The van der Waals surface area contributed by atoms with Crippen molar-refractivity contribution in [1.82, 2.24) is 9.80 Å². The summed E-state index contributed by atoms with van der Waals surface area (Å²) in [6, 6.07) is 5.13. The van der Waals surface area contributed by atoms with Gasteiger partial charge in [-0.1, -0.05) is 6.07 Å². The first-order chi connectivity index (χ1) is 13.6. The summed E-state index contributed by atoms with van der Waals surface area (Å²) in [5.41, 5.74) is 5.86. The Bertz CT molecular complexity index is 754. The molecule has 2 atom stereocenters. The molecule has 2 aliphatic heterocycles. The highest BCUT2D eigenvalue weighted by atomic mass is 35.5. The lowest BCUT2D eigenvalue weighted by Crippen LogP contribution is -2.51. The second-order valence-electron chi connectivity index (χ2n) is 7.82. The number of carbonyl (C=O) groups excluding carboxylic acids is 2. The Balaban J connectivity index is 0.00000320. The van der Waals surface area contributed by atoms with Crippen LogP contribution in [0.5, 0.6) is 0 Å². The number of anilines is 1. The van der Waals surface area contributed by atoms with Gasteiger partial charge in [-0.15, -0.1) is 12.4 Å². The van der Waals surface area contributed by atoms with Gasteiger partial charge in [0.05, 0.1) is 11.5 Å². The van der Waals surface area contributed by atoms with Crippen LogP contribution in [0.15, 0.2) is 24.3 Å². The molecule has 30 heavy (non-hydrogen) atoms. The van der Waals surface area contributed by atoms with E-state index in [1.807, 2.05) is 4.90 Å². The summed E-state index contributed by atoms with van der Waals surface area (Å²) in [6.45, 7) is 4.13. The highest BCUT2D eigenvalue weighted by Crippen LogP contribution is 2.32. The predicted octanol–water partition coefficient (Wildman–Crippen LogP) is 2.36. The van der Waals surface area contributed by atoms with Crippen LogP contribution in [0.2, 0.25) is 0 Å². The molecule has 0 radical (unpaired) electrons. The normalized spacial score (nSPS) is 22.9. The molecule has 0 spiro atoms. The van der Waals surface area contributed by atoms with Crippen molar-refractivity contribution < 1.29 is 22.8 Å². The summed E-state index contributed by atoms with van der Waals surface area (Å²) in [6.07, 6.45) is -3.06. The van der Waals surface area contributed by atoms with Crippen molar-refractivity contribution in [2.45, 2.75) is 32.0 Å². The number of alkyl halides is 3. The number of amides is 2. The van der Waals surface area contributed by atoms with Crippen molar-refractivity contribution in [3.05, 3.63) is 29.8 Å². The van der Waals surface area contributed by atoms with Crippen LogP contribution < -0.4 is 10.6 Å². The molecule has 1 aromatic rings. The topological polar surface area (TPSA) is 69.9 Å². The monoisotopic (exact) mass is 448 g/mol. The third kappa shape index (κ3) is 5.78. The third-order valence-electron chi connectivity index (χ3n) is 5.71. The van der Waals surface area contributed by atoms with Gasteiger partial charge in [0.1, 0.15) is 0 Å². The Morgan fingerprint density at radius 1 is 1.03 bits per heavy atom. The van der Waals surface area contributed by atoms with E-state index < -0.39 is 11.7 Å². The Morgan fingerprint density at radius 2 is 1.70 bits per heavy atom. The maximum absolute atomic E-state index is 13.0. The minimum absolute atomic E-state index is 0. The molecule has 2 amide bonds. The van der Waals surface area contributed by atoms with Gasteiger partial charge < -0.3 is 20.4 Å². The van der Waals surface area contributed by atoms with Gasteiger partial charge in [-0.25, -0.2) is 0 Å². The summed E-state index contributed by atoms with van der Waals surface area (Å²) in [5.74, 6) is -0.379. The van der Waals surface area contributed by atoms with Gasteiger partial charge in [-0.05, 0) is 31.0 Å². The van der Waals surface area contributed by atoms with Crippen LogP contribution in [0.25, 0.3) is 0 Å². The lowest BCUT2D eigenvalue weighted by Gasteiger charge is -2.38. The van der Waals surface area contributed by atoms with Crippen LogP contribution in [0.4, 0.5) is 18.9 Å². The van der Waals surface area contributed by atoms with E-state index in [1.165, 1.54) is 13.0 Å². The molecular weight excluding hydrogens is 421 g/mol. The molecule has 1 aromatic carbocycles. The van der Waals surface area contributed by atoms with Gasteiger partial charge in [0.2, 0.25) is 11.8 Å². The van der Waals surface area contributed by atoms with Gasteiger partial charge in [0, 0.05) is 57.9 Å². The van der Waals surface area contributed by atoms with Gasteiger partial charge in [-0.2, -0.15) is 13.2 Å². The lowest BCUT2D eigenvalue weighted by atomic mass is 10.00. The van der Waals surface area contributed by atoms with E-state index >= 15 is 0 Å². The van der Waals surface area contributed by atoms with E-state index in [0.29, 0.717) is 57.8 Å². The SMILES string of the molecule is CC(=O)N1C[C@@H](N)CC[C@@H](C(=O)N2CCN(c3cccc(C(F)(F)F)c3)CC2)C1.Cl. The van der Waals surface area contributed by atoms with E-state index in [4.69, 9.17) is 5.73 Å². The number of hydrogen-bond acceptors (Lipinski definition) is 4. The molecule has 6 nitrogen and oxygen atoms in total. The fraction of sp³-hybridized carbons (Fsp3) is 0.600. The zero-order valence-corrected chi connectivity index (χ0v) is 17.7. The predicted molar refractivity (Wildman–Crippen MR) is 110 cm³/mol. The van der Waals surface area contributed by atoms with Crippen molar-refractivity contribution >= 4 is 29.9 Å². The van der Waals surface area contributed by atoms with E-state index in [0.717, 1.165) is 12.1 Å².